The van der Waals surface area contributed by atoms with E-state index in [9.17, 15) is 31.6 Å². The average Bonchev–Trinajstić information content (AvgIpc) is 3.14. The van der Waals surface area contributed by atoms with E-state index in [0.717, 1.165) is 70.1 Å². The summed E-state index contributed by atoms with van der Waals surface area (Å²) in [6.07, 6.45) is 17.1. The molecule has 0 aromatic rings. The summed E-state index contributed by atoms with van der Waals surface area (Å²) in [5.74, 6) is -0.892. The van der Waals surface area contributed by atoms with Crippen molar-refractivity contribution in [2.24, 2.45) is 46.3 Å². The van der Waals surface area contributed by atoms with Crippen molar-refractivity contribution in [1.29, 1.82) is 0 Å². The molecule has 0 amide bonds. The predicted octanol–water partition coefficient (Wildman–Crippen LogP) is 8.18. The predicted molar refractivity (Wildman–Crippen MR) is 197 cm³/mol. The Morgan fingerprint density at radius 3 is 2.24 bits per heavy atom. The van der Waals surface area contributed by atoms with Gasteiger partial charge in [0.1, 0.15) is 18.8 Å². The Balaban J connectivity index is 1.09. The second kappa shape index (κ2) is 17.5. The topological polar surface area (TPSA) is 152 Å². The van der Waals surface area contributed by atoms with Crippen LogP contribution in [0.5, 0.6) is 0 Å². The minimum Gasteiger partial charge on any atom is -0.465 e. The maximum Gasteiger partial charge on any atom is 0.465 e. The number of ether oxygens (including phenoxy) is 5. The molecular weight excluding hydrogens is 739 g/mol. The Kier molecular flexibility index (Phi) is 13.6. The van der Waals surface area contributed by atoms with E-state index in [0.29, 0.717) is 43.4 Å². The molecule has 0 radical (unpaired) electrons. The van der Waals surface area contributed by atoms with Crippen LogP contribution in [0.25, 0.3) is 0 Å². The van der Waals surface area contributed by atoms with Crippen LogP contribution in [0.2, 0.25) is 0 Å². The second-order valence-corrected chi connectivity index (χ2v) is 20.2. The van der Waals surface area contributed by atoms with Crippen molar-refractivity contribution in [2.75, 3.05) is 26.4 Å². The van der Waals surface area contributed by atoms with Crippen LogP contribution < -0.4 is 0 Å². The fraction of sp³-hybridized carbons (Fsp3) is 0.927. The van der Waals surface area contributed by atoms with Crippen LogP contribution in [-0.2, 0) is 48.2 Å². The normalized spacial score (nSPS) is 36.3. The molecule has 6 aliphatic rings. The number of halogens is 2. The van der Waals surface area contributed by atoms with E-state index in [1.807, 2.05) is 0 Å². The van der Waals surface area contributed by atoms with Gasteiger partial charge < -0.3 is 23.7 Å². The third-order valence-electron chi connectivity index (χ3n) is 14.2. The largest absolute Gasteiger partial charge is 0.465 e. The quantitative estimate of drug-likeness (QED) is 0.0970. The summed E-state index contributed by atoms with van der Waals surface area (Å²) in [6.45, 7) is 4.43. The standard InChI is InChI=1S/C41H64F2O11S/c1-3-31(32-12-5-4-6-13-32)14-7-15-34(44)50-24-38(27-53-36(45)39-16-8-10-29(21-39)18-28(2)20-39)25-51-35(52-26-38)33-19-30-11-9-17-40(22-30,23-33)54-37(46)41(42,43)55(47,48)49/h28-33,35H,3-27H2,1-2H3,(H,47,48,49). The molecule has 4 bridgehead atoms. The number of carbonyl (C=O) groups is 3. The van der Waals surface area contributed by atoms with Crippen LogP contribution in [0, 0.1) is 46.3 Å². The molecule has 5 saturated carbocycles. The highest BCUT2D eigenvalue weighted by molar-refractivity contribution is 7.87. The molecule has 11 nitrogen and oxygen atoms in total. The molecule has 6 fully saturated rings. The number of esters is 3. The number of hydrogen-bond acceptors (Lipinski definition) is 10. The highest BCUT2D eigenvalue weighted by Crippen LogP contribution is 2.53. The fourth-order valence-electron chi connectivity index (χ4n) is 11.6. The van der Waals surface area contributed by atoms with Crippen molar-refractivity contribution in [3.8, 4) is 0 Å². The molecule has 7 atom stereocenters. The first-order valence-corrected chi connectivity index (χ1v) is 22.6. The van der Waals surface area contributed by atoms with Crippen molar-refractivity contribution >= 4 is 28.0 Å². The molecule has 1 N–H and O–H groups in total. The second-order valence-electron chi connectivity index (χ2n) is 18.7. The van der Waals surface area contributed by atoms with E-state index in [2.05, 4.69) is 13.8 Å². The van der Waals surface area contributed by atoms with E-state index < -0.39 is 44.1 Å². The fourth-order valence-corrected chi connectivity index (χ4v) is 11.9. The first-order chi connectivity index (χ1) is 26.1. The Labute approximate surface area is 325 Å². The van der Waals surface area contributed by atoms with Crippen LogP contribution in [-0.4, -0.2) is 74.5 Å². The summed E-state index contributed by atoms with van der Waals surface area (Å²) in [7, 11) is -6.01. The van der Waals surface area contributed by atoms with Gasteiger partial charge in [-0.05, 0) is 100 Å². The van der Waals surface area contributed by atoms with Crippen LogP contribution >= 0.6 is 0 Å². The number of hydrogen-bond donors (Lipinski definition) is 1. The summed E-state index contributed by atoms with van der Waals surface area (Å²) in [6, 6.07) is 0. The summed E-state index contributed by atoms with van der Waals surface area (Å²) in [4.78, 5) is 39.5. The van der Waals surface area contributed by atoms with Gasteiger partial charge in [-0.3, -0.25) is 14.1 Å². The van der Waals surface area contributed by atoms with E-state index in [4.69, 9.17) is 28.2 Å². The maximum atomic E-state index is 14.3. The van der Waals surface area contributed by atoms with Gasteiger partial charge in [0.25, 0.3) is 0 Å². The minimum absolute atomic E-state index is 0.00216. The third-order valence-corrected chi connectivity index (χ3v) is 15.1. The van der Waals surface area contributed by atoms with Gasteiger partial charge in [-0.2, -0.15) is 17.2 Å². The summed E-state index contributed by atoms with van der Waals surface area (Å²) in [5.41, 5.74) is -2.83. The molecule has 0 aromatic heterocycles. The molecule has 314 valence electrons. The number of carbonyl (C=O) groups excluding carboxylic acids is 3. The third kappa shape index (κ3) is 10.0. The van der Waals surface area contributed by atoms with Crippen LogP contribution in [0.3, 0.4) is 0 Å². The molecule has 6 rings (SSSR count). The average molecular weight is 803 g/mol. The van der Waals surface area contributed by atoms with Gasteiger partial charge in [-0.15, -0.1) is 0 Å². The lowest BCUT2D eigenvalue weighted by Gasteiger charge is -2.50. The first kappa shape index (κ1) is 42.7. The van der Waals surface area contributed by atoms with Crippen molar-refractivity contribution < 1.29 is 59.8 Å². The van der Waals surface area contributed by atoms with Gasteiger partial charge in [0.2, 0.25) is 0 Å². The van der Waals surface area contributed by atoms with E-state index in [-0.39, 0.29) is 63.0 Å². The summed E-state index contributed by atoms with van der Waals surface area (Å²) in [5, 5.41) is -5.09. The Bertz CT molecular complexity index is 1460. The van der Waals surface area contributed by atoms with Crippen molar-refractivity contribution in [3.63, 3.8) is 0 Å². The number of rotatable bonds is 15. The van der Waals surface area contributed by atoms with Crippen molar-refractivity contribution in [2.45, 2.75) is 166 Å². The zero-order valence-electron chi connectivity index (χ0n) is 32.9. The van der Waals surface area contributed by atoms with Crippen molar-refractivity contribution in [1.82, 2.24) is 0 Å². The lowest BCUT2D eigenvalue weighted by Crippen LogP contribution is -2.55. The zero-order chi connectivity index (χ0) is 39.5. The van der Waals surface area contributed by atoms with Gasteiger partial charge in [0, 0.05) is 12.3 Å². The lowest BCUT2D eigenvalue weighted by atomic mass is 9.59. The monoisotopic (exact) mass is 802 g/mol. The molecule has 5 aliphatic carbocycles. The first-order valence-electron chi connectivity index (χ1n) is 21.2. The molecule has 1 saturated heterocycles. The lowest BCUT2D eigenvalue weighted by molar-refractivity contribution is -0.278. The molecule has 0 spiro atoms. The molecule has 1 heterocycles. The molecular formula is C41H64F2O11S. The summed E-state index contributed by atoms with van der Waals surface area (Å²) >= 11 is 0. The molecule has 7 unspecified atom stereocenters. The molecule has 0 aromatic carbocycles. The Morgan fingerprint density at radius 1 is 0.873 bits per heavy atom. The summed E-state index contributed by atoms with van der Waals surface area (Å²) < 4.78 is 90.1. The molecule has 14 heteroatoms. The van der Waals surface area contributed by atoms with E-state index in [1.54, 1.807) is 0 Å². The van der Waals surface area contributed by atoms with Gasteiger partial charge in [0.05, 0.1) is 24.0 Å². The smallest absolute Gasteiger partial charge is 0.465 e. The molecule has 1 aliphatic heterocycles. The van der Waals surface area contributed by atoms with Gasteiger partial charge >= 0.3 is 33.3 Å². The van der Waals surface area contributed by atoms with E-state index in [1.165, 1.54) is 32.1 Å². The van der Waals surface area contributed by atoms with Gasteiger partial charge in [-0.1, -0.05) is 71.6 Å². The van der Waals surface area contributed by atoms with Gasteiger partial charge in [-0.25, -0.2) is 4.79 Å². The minimum atomic E-state index is -6.01. The molecule has 55 heavy (non-hydrogen) atoms. The van der Waals surface area contributed by atoms with Crippen molar-refractivity contribution in [3.05, 3.63) is 0 Å². The number of fused-ring (bicyclic) bond motifs is 4. The van der Waals surface area contributed by atoms with Crippen LogP contribution in [0.1, 0.15) is 149 Å². The Hall–Kier alpha value is -1.90. The van der Waals surface area contributed by atoms with Crippen LogP contribution in [0.15, 0.2) is 0 Å². The van der Waals surface area contributed by atoms with E-state index >= 15 is 0 Å². The highest BCUT2D eigenvalue weighted by atomic mass is 32.2. The van der Waals surface area contributed by atoms with Gasteiger partial charge in [0.15, 0.2) is 6.29 Å². The van der Waals surface area contributed by atoms with Crippen LogP contribution in [0.4, 0.5) is 8.78 Å². The zero-order valence-corrected chi connectivity index (χ0v) is 33.7. The highest BCUT2D eigenvalue weighted by Gasteiger charge is 2.59. The Morgan fingerprint density at radius 2 is 1.55 bits per heavy atom. The SMILES string of the molecule is CCC(CCCC(=O)OCC1(COC(=O)C23CCCC(CC(C)C2)C3)COC(C2CC3CCCC(OC(=O)C(F)(F)S(=O)(=O)O)(C3)C2)OC1)C1CCCCC1. The number of alkyl halides is 2. The maximum absolute atomic E-state index is 14.3.